The third kappa shape index (κ3) is 10.4. The molecule has 0 aliphatic rings. The van der Waals surface area contributed by atoms with Gasteiger partial charge in [0.15, 0.2) is 0 Å². The van der Waals surface area contributed by atoms with Crippen LogP contribution in [0.4, 0.5) is 0 Å². The molecule has 0 aromatic heterocycles. The van der Waals surface area contributed by atoms with Crippen molar-refractivity contribution in [3.63, 3.8) is 0 Å². The summed E-state index contributed by atoms with van der Waals surface area (Å²) in [5, 5.41) is 53.4. The topological polar surface area (TPSA) is 190 Å². The fourth-order valence-electron chi connectivity index (χ4n) is 2.53. The molecule has 0 bridgehead atoms. The van der Waals surface area contributed by atoms with E-state index < -0.39 is 37.8 Å². The molecule has 1 aromatic carbocycles. The number of hydrogen-bond donors (Lipinski definition) is 8. The second kappa shape index (κ2) is 13.6. The van der Waals surface area contributed by atoms with E-state index in [1.54, 1.807) is 0 Å². The van der Waals surface area contributed by atoms with Crippen molar-refractivity contribution in [2.75, 3.05) is 26.4 Å². The molecule has 0 fully saturated rings. The Morgan fingerprint density at radius 1 is 0.806 bits per heavy atom. The Labute approximate surface area is 185 Å². The molecule has 0 saturated heterocycles. The van der Waals surface area contributed by atoms with Gasteiger partial charge < -0.3 is 30.6 Å². The number of aliphatic hydroxyl groups is 4. The van der Waals surface area contributed by atoms with Gasteiger partial charge >= 0.3 is 5.97 Å². The largest absolute Gasteiger partial charge is 0.507 e. The van der Waals surface area contributed by atoms with E-state index in [1.165, 1.54) is 0 Å². The van der Waals surface area contributed by atoms with Crippen molar-refractivity contribution in [1.29, 1.82) is 0 Å². The Balaban J connectivity index is 0. The predicted octanol–water partition coefficient (Wildman–Crippen LogP) is 0.765. The quantitative estimate of drug-likeness (QED) is 0.221. The monoisotopic (exact) mass is 446 g/mol. The van der Waals surface area contributed by atoms with Gasteiger partial charge in [-0.2, -0.15) is 0 Å². The first kappa shape index (κ1) is 31.4. The lowest BCUT2D eigenvalue weighted by atomic mass is 9.78. The Hall–Kier alpha value is -1.75. The summed E-state index contributed by atoms with van der Waals surface area (Å²) < 4.78 is 0. The van der Waals surface area contributed by atoms with E-state index in [2.05, 4.69) is 53.2 Å². The maximum Gasteiger partial charge on any atom is 0.303 e. The van der Waals surface area contributed by atoms with Gasteiger partial charge in [0.25, 0.3) is 0 Å². The molecule has 0 amide bonds. The predicted molar refractivity (Wildman–Crippen MR) is 121 cm³/mol. The molecule has 31 heavy (non-hydrogen) atoms. The van der Waals surface area contributed by atoms with Crippen LogP contribution in [0.25, 0.3) is 0 Å². The summed E-state index contributed by atoms with van der Waals surface area (Å²) in [5.41, 5.74) is 1.27. The summed E-state index contributed by atoms with van der Waals surface area (Å²) in [6.45, 7) is 10.7. The van der Waals surface area contributed by atoms with Gasteiger partial charge in [0, 0.05) is 6.42 Å². The first-order valence-corrected chi connectivity index (χ1v) is 10.0. The molecule has 0 saturated carbocycles. The van der Waals surface area contributed by atoms with Crippen molar-refractivity contribution in [3.05, 3.63) is 28.8 Å². The molecule has 182 valence electrons. The third-order valence-corrected chi connectivity index (χ3v) is 4.75. The first-order chi connectivity index (χ1) is 14.2. The highest BCUT2D eigenvalue weighted by Crippen LogP contribution is 2.39. The molecule has 1 aromatic rings. The molecular weight excluding hydrogens is 404 g/mol. The number of carboxylic acid groups (broad SMARTS) is 1. The molecule has 0 atom stereocenters. The summed E-state index contributed by atoms with van der Waals surface area (Å²) in [6.07, 6.45) is 0.597. The Morgan fingerprint density at radius 2 is 1.13 bits per heavy atom. The molecule has 0 heterocycles. The lowest BCUT2D eigenvalue weighted by Crippen LogP contribution is -2.37. The van der Waals surface area contributed by atoms with Crippen LogP contribution in [0.3, 0.4) is 0 Å². The van der Waals surface area contributed by atoms with E-state index in [0.717, 1.165) is 16.7 Å². The number of hydrazine groups is 1. The minimum absolute atomic E-state index is 0.109. The van der Waals surface area contributed by atoms with E-state index in [9.17, 15) is 9.90 Å². The molecule has 0 radical (unpaired) electrons. The zero-order chi connectivity index (χ0) is 25.0. The molecule has 0 aliphatic heterocycles. The van der Waals surface area contributed by atoms with Gasteiger partial charge in [0.05, 0.1) is 31.8 Å². The number of rotatable bonds is 7. The first-order valence-electron chi connectivity index (χ1n) is 10.0. The minimum atomic E-state index is -1.11. The van der Waals surface area contributed by atoms with Crippen LogP contribution >= 0.6 is 0 Å². The van der Waals surface area contributed by atoms with Crippen molar-refractivity contribution in [2.24, 2.45) is 17.1 Å². The second-order valence-corrected chi connectivity index (χ2v) is 9.57. The Bertz CT molecular complexity index is 608. The number of benzene rings is 1. The SMILES string of the molecule is CC(C)(C)c1cc(CCC(=O)O)cc(C(C)(C)C)c1O.NN.OCC(CO)(CO)CO. The maximum absolute atomic E-state index is 10.8. The average Bonchev–Trinajstić information content (AvgIpc) is 2.69. The fourth-order valence-corrected chi connectivity index (χ4v) is 2.53. The van der Waals surface area contributed by atoms with Gasteiger partial charge in [0.1, 0.15) is 5.75 Å². The van der Waals surface area contributed by atoms with E-state index in [0.29, 0.717) is 12.2 Å². The van der Waals surface area contributed by atoms with Crippen LogP contribution in [0.1, 0.15) is 64.7 Å². The summed E-state index contributed by atoms with van der Waals surface area (Å²) in [6, 6.07) is 3.88. The Morgan fingerprint density at radius 3 is 1.32 bits per heavy atom. The zero-order valence-corrected chi connectivity index (χ0v) is 19.6. The number of nitrogens with two attached hydrogens (primary N) is 2. The van der Waals surface area contributed by atoms with Crippen LogP contribution in [-0.4, -0.2) is 63.0 Å². The fraction of sp³-hybridized carbons (Fsp3) is 0.682. The molecule has 10 N–H and O–H groups in total. The molecule has 0 aliphatic carbocycles. The molecule has 0 unspecified atom stereocenters. The number of phenolic OH excluding ortho intramolecular Hbond substituents is 1. The third-order valence-electron chi connectivity index (χ3n) is 4.75. The summed E-state index contributed by atoms with van der Waals surface area (Å²) in [7, 11) is 0. The van der Waals surface area contributed by atoms with Gasteiger partial charge in [-0.05, 0) is 33.9 Å². The van der Waals surface area contributed by atoms with Crippen molar-refractivity contribution in [3.8, 4) is 5.75 Å². The number of hydrogen-bond acceptors (Lipinski definition) is 8. The van der Waals surface area contributed by atoms with Gasteiger partial charge in [-0.15, -0.1) is 0 Å². The summed E-state index contributed by atoms with van der Waals surface area (Å²) >= 11 is 0. The van der Waals surface area contributed by atoms with Crippen molar-refractivity contribution >= 4 is 5.97 Å². The molecule has 9 heteroatoms. The minimum Gasteiger partial charge on any atom is -0.507 e. The van der Waals surface area contributed by atoms with Gasteiger partial charge in [-0.25, -0.2) is 0 Å². The smallest absolute Gasteiger partial charge is 0.303 e. The average molecular weight is 447 g/mol. The normalized spacial score (nSPS) is 11.7. The van der Waals surface area contributed by atoms with Crippen LogP contribution in [0.2, 0.25) is 0 Å². The highest BCUT2D eigenvalue weighted by atomic mass is 16.4. The number of aliphatic hydroxyl groups excluding tert-OH is 4. The van der Waals surface area contributed by atoms with E-state index in [4.69, 9.17) is 25.5 Å². The molecular formula is C22H42N2O7. The van der Waals surface area contributed by atoms with Gasteiger partial charge in [0.2, 0.25) is 0 Å². The highest BCUT2D eigenvalue weighted by molar-refractivity contribution is 5.67. The van der Waals surface area contributed by atoms with Crippen LogP contribution in [0, 0.1) is 5.41 Å². The van der Waals surface area contributed by atoms with Gasteiger partial charge in [-0.3, -0.25) is 16.5 Å². The zero-order valence-electron chi connectivity index (χ0n) is 19.6. The second-order valence-electron chi connectivity index (χ2n) is 9.57. The summed E-state index contributed by atoms with van der Waals surface area (Å²) in [4.78, 5) is 10.8. The number of aromatic hydroxyl groups is 1. The molecule has 1 rings (SSSR count). The number of carboxylic acids is 1. The van der Waals surface area contributed by atoms with E-state index in [1.807, 2.05) is 12.1 Å². The summed E-state index contributed by atoms with van der Waals surface area (Å²) in [5.74, 6) is 7.54. The standard InChI is InChI=1S/C17H26O3.C5H12O4.H4N2/c1-16(2,3)12-9-11(7-8-14(18)19)10-13(15(12)20)17(4,5)6;6-1-5(2-7,3-8)4-9;1-2/h9-10,20H,7-8H2,1-6H3,(H,18,19);6-9H,1-4H2;1-2H2. The number of aliphatic carboxylic acids is 1. The van der Waals surface area contributed by atoms with Crippen molar-refractivity contribution in [1.82, 2.24) is 0 Å². The number of aryl methyl sites for hydroxylation is 1. The molecule has 9 nitrogen and oxygen atoms in total. The van der Waals surface area contributed by atoms with Crippen LogP contribution < -0.4 is 11.7 Å². The lowest BCUT2D eigenvalue weighted by molar-refractivity contribution is -0.136. The van der Waals surface area contributed by atoms with Gasteiger partial charge in [-0.1, -0.05) is 53.7 Å². The van der Waals surface area contributed by atoms with Crippen LogP contribution in [0.15, 0.2) is 12.1 Å². The number of carbonyl (C=O) groups is 1. The molecule has 0 spiro atoms. The van der Waals surface area contributed by atoms with Crippen molar-refractivity contribution < 1.29 is 35.4 Å². The van der Waals surface area contributed by atoms with E-state index in [-0.39, 0.29) is 17.3 Å². The highest BCUT2D eigenvalue weighted by Gasteiger charge is 2.27. The lowest BCUT2D eigenvalue weighted by Gasteiger charge is -2.28. The van der Waals surface area contributed by atoms with E-state index >= 15 is 0 Å². The van der Waals surface area contributed by atoms with Crippen LogP contribution in [-0.2, 0) is 22.0 Å². The number of phenols is 1. The maximum atomic E-state index is 10.8. The Kier molecular flexibility index (Phi) is 13.8. The van der Waals surface area contributed by atoms with Crippen molar-refractivity contribution in [2.45, 2.75) is 65.2 Å². The van der Waals surface area contributed by atoms with Crippen LogP contribution in [0.5, 0.6) is 5.75 Å².